The Hall–Kier alpha value is 0.262. The summed E-state index contributed by atoms with van der Waals surface area (Å²) in [5.74, 6) is -14.9. The summed E-state index contributed by atoms with van der Waals surface area (Å²) in [6.07, 6.45) is 0. The number of rotatable bonds is 0. The SMILES string of the molecule is Fc1[c-]c(F)c2c(F)c(F)c(F)c(F)c2c1F.[Cs+]. The molecule has 2 rings (SSSR count). The van der Waals surface area contributed by atoms with E-state index in [2.05, 4.69) is 0 Å². The van der Waals surface area contributed by atoms with Crippen LogP contribution in [0.2, 0.25) is 0 Å². The van der Waals surface area contributed by atoms with Gasteiger partial charge >= 0.3 is 68.9 Å². The summed E-state index contributed by atoms with van der Waals surface area (Å²) in [6.45, 7) is 0. The molecule has 0 aliphatic rings. The smallest absolute Gasteiger partial charge is 0.281 e. The van der Waals surface area contributed by atoms with Crippen molar-refractivity contribution in [2.75, 3.05) is 0 Å². The molecule has 0 N–H and O–H groups in total. The second-order valence-electron chi connectivity index (χ2n) is 3.07. The number of halogens is 7. The van der Waals surface area contributed by atoms with Crippen molar-refractivity contribution in [2.24, 2.45) is 0 Å². The molecule has 0 atom stereocenters. The standard InChI is InChI=1S/C10F7.Cs/c11-2-1-3(12)6(13)5-4(2)7(14)9(16)10(17)8(5)15;/q-1;+1. The largest absolute Gasteiger partial charge is 1.00 e. The van der Waals surface area contributed by atoms with Gasteiger partial charge in [0.05, 0.1) is 5.82 Å². The molecule has 0 saturated carbocycles. The van der Waals surface area contributed by atoms with E-state index in [-0.39, 0.29) is 68.9 Å². The van der Waals surface area contributed by atoms with Crippen LogP contribution in [0.1, 0.15) is 0 Å². The van der Waals surface area contributed by atoms with E-state index in [1.54, 1.807) is 0 Å². The van der Waals surface area contributed by atoms with Gasteiger partial charge in [-0.3, -0.25) is 4.39 Å². The third kappa shape index (κ3) is 2.34. The van der Waals surface area contributed by atoms with Crippen molar-refractivity contribution in [2.45, 2.75) is 0 Å². The molecule has 0 nitrogen and oxygen atoms in total. The van der Waals surface area contributed by atoms with Gasteiger partial charge in [0.2, 0.25) is 0 Å². The fraction of sp³-hybridized carbons (Fsp3) is 0. The van der Waals surface area contributed by atoms with Gasteiger partial charge in [-0.25, -0.2) is 26.3 Å². The maximum atomic E-state index is 13.1. The fourth-order valence-electron chi connectivity index (χ4n) is 1.37. The van der Waals surface area contributed by atoms with Crippen LogP contribution in [0.3, 0.4) is 0 Å². The second kappa shape index (κ2) is 5.72. The summed E-state index contributed by atoms with van der Waals surface area (Å²) in [5.41, 5.74) is 0. The van der Waals surface area contributed by atoms with Crippen LogP contribution in [-0.4, -0.2) is 0 Å². The molecule has 0 aliphatic heterocycles. The van der Waals surface area contributed by atoms with Crippen molar-refractivity contribution in [3.63, 3.8) is 0 Å². The maximum Gasteiger partial charge on any atom is 1.00 e. The average Bonchev–Trinajstić information content (AvgIpc) is 2.28. The zero-order valence-electron chi connectivity index (χ0n) is 8.65. The molecule has 2 aromatic carbocycles. The van der Waals surface area contributed by atoms with E-state index >= 15 is 0 Å². The number of hydrogen-bond donors (Lipinski definition) is 0. The molecule has 90 valence electrons. The van der Waals surface area contributed by atoms with E-state index in [0.29, 0.717) is 0 Å². The summed E-state index contributed by atoms with van der Waals surface area (Å²) in [5, 5.41) is -3.16. The molecule has 0 fully saturated rings. The molecule has 0 amide bonds. The predicted molar refractivity (Wildman–Crippen MR) is 42.5 cm³/mol. The second-order valence-corrected chi connectivity index (χ2v) is 3.07. The average molecular weight is 386 g/mol. The van der Waals surface area contributed by atoms with Gasteiger partial charge in [-0.2, -0.15) is 0 Å². The molecule has 0 aliphatic carbocycles. The number of hydrogen-bond acceptors (Lipinski definition) is 0. The van der Waals surface area contributed by atoms with Crippen LogP contribution in [0.25, 0.3) is 10.8 Å². The first-order valence-electron chi connectivity index (χ1n) is 4.07. The van der Waals surface area contributed by atoms with Crippen LogP contribution < -0.4 is 68.9 Å². The Balaban J connectivity index is 0.00000162. The van der Waals surface area contributed by atoms with Gasteiger partial charge in [0.25, 0.3) is 0 Å². The van der Waals surface area contributed by atoms with Crippen molar-refractivity contribution in [3.8, 4) is 0 Å². The van der Waals surface area contributed by atoms with E-state index in [0.717, 1.165) is 6.07 Å². The van der Waals surface area contributed by atoms with Crippen molar-refractivity contribution >= 4 is 10.8 Å². The number of benzene rings is 2. The minimum atomic E-state index is -2.35. The van der Waals surface area contributed by atoms with Crippen LogP contribution in [0, 0.1) is 46.8 Å². The number of fused-ring (bicyclic) bond motifs is 1. The minimum absolute atomic E-state index is 0. The van der Waals surface area contributed by atoms with Crippen molar-refractivity contribution < 1.29 is 99.6 Å². The van der Waals surface area contributed by atoms with Crippen molar-refractivity contribution in [1.29, 1.82) is 0 Å². The maximum absolute atomic E-state index is 13.1. The van der Waals surface area contributed by atoms with Gasteiger partial charge in [-0.1, -0.05) is 0 Å². The van der Waals surface area contributed by atoms with Crippen molar-refractivity contribution in [3.05, 3.63) is 46.8 Å². The first kappa shape index (κ1) is 16.3. The predicted octanol–water partition coefficient (Wildman–Crippen LogP) is 0.618. The van der Waals surface area contributed by atoms with Crippen LogP contribution in [0.5, 0.6) is 0 Å². The Morgan fingerprint density at radius 1 is 0.500 bits per heavy atom. The zero-order valence-corrected chi connectivity index (χ0v) is 14.9. The third-order valence-corrected chi connectivity index (χ3v) is 2.12. The first-order chi connectivity index (χ1) is 7.86. The van der Waals surface area contributed by atoms with Crippen LogP contribution >= 0.6 is 0 Å². The molecule has 0 radical (unpaired) electrons. The Labute approximate surface area is 155 Å². The van der Waals surface area contributed by atoms with Crippen molar-refractivity contribution in [1.82, 2.24) is 0 Å². The van der Waals surface area contributed by atoms with E-state index in [1.807, 2.05) is 0 Å². The molecule has 0 aromatic heterocycles. The van der Waals surface area contributed by atoms with E-state index in [1.165, 1.54) is 0 Å². The monoisotopic (exact) mass is 386 g/mol. The Kier molecular flexibility index (Phi) is 5.18. The third-order valence-electron chi connectivity index (χ3n) is 2.12. The van der Waals surface area contributed by atoms with Gasteiger partial charge < -0.3 is 0 Å². The van der Waals surface area contributed by atoms with E-state index < -0.39 is 51.5 Å². The molecule has 0 unspecified atom stereocenters. The summed E-state index contributed by atoms with van der Waals surface area (Å²) in [7, 11) is 0. The Morgan fingerprint density at radius 2 is 0.944 bits per heavy atom. The molecule has 0 bridgehead atoms. The van der Waals surface area contributed by atoms with Crippen LogP contribution in [-0.2, 0) is 0 Å². The Bertz CT molecular complexity index is 638. The molecule has 2 aromatic rings. The van der Waals surface area contributed by atoms with Gasteiger partial charge in [-0.05, 0) is 10.8 Å². The van der Waals surface area contributed by atoms with Gasteiger partial charge in [-0.15, -0.1) is 6.07 Å². The van der Waals surface area contributed by atoms with Gasteiger partial charge in [0.1, 0.15) is 11.6 Å². The molecular weight excluding hydrogens is 386 g/mol. The minimum Gasteiger partial charge on any atom is -0.281 e. The first-order valence-corrected chi connectivity index (χ1v) is 4.07. The molecule has 0 saturated heterocycles. The summed E-state index contributed by atoms with van der Waals surface area (Å²) < 4.78 is 90.4. The summed E-state index contributed by atoms with van der Waals surface area (Å²) >= 11 is 0. The molecule has 8 heteroatoms. The summed E-state index contributed by atoms with van der Waals surface area (Å²) in [4.78, 5) is 0. The summed E-state index contributed by atoms with van der Waals surface area (Å²) in [6, 6.07) is 1.09. The normalized spacial score (nSPS) is 10.6. The van der Waals surface area contributed by atoms with Crippen LogP contribution in [0.4, 0.5) is 30.7 Å². The topological polar surface area (TPSA) is 0 Å². The van der Waals surface area contributed by atoms with Gasteiger partial charge in [0.15, 0.2) is 11.6 Å². The zero-order chi connectivity index (χ0) is 12.9. The van der Waals surface area contributed by atoms with E-state index in [4.69, 9.17) is 0 Å². The van der Waals surface area contributed by atoms with Crippen LogP contribution in [0.15, 0.2) is 0 Å². The molecular formula is C10CsF7. The van der Waals surface area contributed by atoms with E-state index in [9.17, 15) is 30.7 Å². The molecule has 18 heavy (non-hydrogen) atoms. The molecule has 0 spiro atoms. The molecule has 0 heterocycles. The fourth-order valence-corrected chi connectivity index (χ4v) is 1.37. The van der Waals surface area contributed by atoms with Gasteiger partial charge in [0, 0.05) is 11.6 Å². The Morgan fingerprint density at radius 3 is 1.44 bits per heavy atom. The quantitative estimate of drug-likeness (QED) is 0.270.